The summed E-state index contributed by atoms with van der Waals surface area (Å²) in [6.45, 7) is 16.2. The smallest absolute Gasteiger partial charge is 0.300 e. The maximum Gasteiger partial charge on any atom is 0.300 e. The van der Waals surface area contributed by atoms with Crippen molar-refractivity contribution in [3.05, 3.63) is 39.0 Å². The van der Waals surface area contributed by atoms with E-state index in [1.165, 1.54) is 6.08 Å². The molecule has 0 heterocycles. The van der Waals surface area contributed by atoms with Crippen molar-refractivity contribution < 1.29 is 9.90 Å². The molecule has 0 bridgehead atoms. The zero-order chi connectivity index (χ0) is 11.0. The first-order valence-electron chi connectivity index (χ1n) is 2.85. The van der Waals surface area contributed by atoms with Crippen LogP contribution in [0, 0.1) is 11.3 Å². The Hall–Kier alpha value is -1.82. The standard InChI is InChI=1S/C3H3N.C2H4O2.2C2H4/c1-2-3-4;1-2(3)4;2*1-2/h2H,1H2;1H3,(H,3,4);2*1-2H2. The van der Waals surface area contributed by atoms with Gasteiger partial charge in [-0.1, -0.05) is 6.58 Å². The summed E-state index contributed by atoms with van der Waals surface area (Å²) in [5.74, 6) is -0.833. The maximum absolute atomic E-state index is 9.00. The maximum atomic E-state index is 9.00. The third kappa shape index (κ3) is 627. The lowest BCUT2D eigenvalue weighted by Gasteiger charge is -1.59. The molecule has 0 rings (SSSR count). The molecule has 0 amide bonds. The summed E-state index contributed by atoms with van der Waals surface area (Å²) in [5, 5.41) is 14.9. The monoisotopic (exact) mass is 169 g/mol. The molecular weight excluding hydrogens is 154 g/mol. The Bertz CT molecular complexity index is 130. The Kier molecular flexibility index (Phi) is 114. The lowest BCUT2D eigenvalue weighted by molar-refractivity contribution is -0.134. The van der Waals surface area contributed by atoms with Crippen LogP contribution in [-0.2, 0) is 4.79 Å². The minimum absolute atomic E-state index is 0.833. The molecule has 0 saturated carbocycles. The Labute approximate surface area is 74.0 Å². The Morgan fingerprint density at radius 3 is 1.50 bits per heavy atom. The van der Waals surface area contributed by atoms with Gasteiger partial charge in [-0.3, -0.25) is 4.79 Å². The van der Waals surface area contributed by atoms with Crippen LogP contribution in [0.1, 0.15) is 6.92 Å². The highest BCUT2D eigenvalue weighted by atomic mass is 16.4. The van der Waals surface area contributed by atoms with E-state index < -0.39 is 5.97 Å². The van der Waals surface area contributed by atoms with E-state index in [-0.39, 0.29) is 0 Å². The molecule has 0 spiro atoms. The summed E-state index contributed by atoms with van der Waals surface area (Å²) in [7, 11) is 0. The first-order valence-corrected chi connectivity index (χ1v) is 2.85. The molecule has 1 N–H and O–H groups in total. The van der Waals surface area contributed by atoms with Crippen LogP contribution in [-0.4, -0.2) is 11.1 Å². The van der Waals surface area contributed by atoms with Crippen LogP contribution in [0.25, 0.3) is 0 Å². The molecule has 3 heteroatoms. The lowest BCUT2D eigenvalue weighted by Crippen LogP contribution is -1.78. The van der Waals surface area contributed by atoms with Crippen molar-refractivity contribution in [3.63, 3.8) is 0 Å². The van der Waals surface area contributed by atoms with Crippen LogP contribution in [0.5, 0.6) is 0 Å². The molecule has 0 fully saturated rings. The predicted octanol–water partition coefficient (Wildman–Crippen LogP) is 2.39. The van der Waals surface area contributed by atoms with Gasteiger partial charge in [-0.2, -0.15) is 5.26 Å². The minimum atomic E-state index is -0.833. The fourth-order valence-corrected chi connectivity index (χ4v) is 0. The number of aliphatic carboxylic acids is 1. The van der Waals surface area contributed by atoms with Crippen molar-refractivity contribution in [3.8, 4) is 6.07 Å². The van der Waals surface area contributed by atoms with E-state index in [0.717, 1.165) is 6.92 Å². The molecular formula is C9H15NO2. The quantitative estimate of drug-likeness (QED) is 0.447. The van der Waals surface area contributed by atoms with Crippen molar-refractivity contribution in [2.45, 2.75) is 6.92 Å². The summed E-state index contributed by atoms with van der Waals surface area (Å²) in [5.41, 5.74) is 0. The second-order valence-corrected chi connectivity index (χ2v) is 0.852. The number of nitriles is 1. The molecule has 0 aromatic heterocycles. The average molecular weight is 169 g/mol. The predicted molar refractivity (Wildman–Crippen MR) is 51.6 cm³/mol. The van der Waals surface area contributed by atoms with Crippen LogP contribution in [0.3, 0.4) is 0 Å². The van der Waals surface area contributed by atoms with E-state index in [2.05, 4.69) is 32.9 Å². The Morgan fingerprint density at radius 1 is 1.42 bits per heavy atom. The Balaban J connectivity index is -0.0000000380. The van der Waals surface area contributed by atoms with Gasteiger partial charge >= 0.3 is 0 Å². The van der Waals surface area contributed by atoms with E-state index >= 15 is 0 Å². The normalized spacial score (nSPS) is 4.00. The summed E-state index contributed by atoms with van der Waals surface area (Å²) in [6, 6.07) is 1.69. The Morgan fingerprint density at radius 2 is 1.50 bits per heavy atom. The number of carbonyl (C=O) groups is 1. The van der Waals surface area contributed by atoms with E-state index in [1.54, 1.807) is 6.07 Å². The molecule has 0 radical (unpaired) electrons. The molecule has 12 heavy (non-hydrogen) atoms. The SMILES string of the molecule is C=C.C=C.C=CC#N.CC(=O)O. The molecule has 0 atom stereocenters. The topological polar surface area (TPSA) is 61.1 Å². The molecule has 0 saturated heterocycles. The van der Waals surface area contributed by atoms with E-state index in [0.29, 0.717) is 0 Å². The molecule has 0 unspecified atom stereocenters. The largest absolute Gasteiger partial charge is 0.481 e. The van der Waals surface area contributed by atoms with Crippen molar-refractivity contribution in [2.24, 2.45) is 0 Å². The number of carboxylic acids is 1. The molecule has 0 aliphatic rings. The van der Waals surface area contributed by atoms with Gasteiger partial charge < -0.3 is 5.11 Å². The highest BCUT2D eigenvalue weighted by molar-refractivity contribution is 5.62. The van der Waals surface area contributed by atoms with E-state index in [9.17, 15) is 0 Å². The number of carboxylic acid groups (broad SMARTS) is 1. The second-order valence-electron chi connectivity index (χ2n) is 0.852. The summed E-state index contributed by atoms with van der Waals surface area (Å²) in [4.78, 5) is 9.00. The van der Waals surface area contributed by atoms with E-state index in [1.807, 2.05) is 0 Å². The van der Waals surface area contributed by atoms with Crippen molar-refractivity contribution in [2.75, 3.05) is 0 Å². The molecule has 3 nitrogen and oxygen atoms in total. The van der Waals surface area contributed by atoms with Gasteiger partial charge in [-0.15, -0.1) is 26.3 Å². The van der Waals surface area contributed by atoms with Crippen LogP contribution in [0.2, 0.25) is 0 Å². The number of rotatable bonds is 0. The number of hydrogen-bond donors (Lipinski definition) is 1. The van der Waals surface area contributed by atoms with Crippen LogP contribution in [0.15, 0.2) is 39.0 Å². The molecule has 0 aromatic rings. The van der Waals surface area contributed by atoms with Gasteiger partial charge in [0.1, 0.15) is 0 Å². The van der Waals surface area contributed by atoms with Crippen molar-refractivity contribution >= 4 is 5.97 Å². The number of allylic oxidation sites excluding steroid dienone is 1. The lowest BCUT2D eigenvalue weighted by atomic mass is 10.8. The molecule has 0 aromatic carbocycles. The van der Waals surface area contributed by atoms with Gasteiger partial charge in [-0.25, -0.2) is 0 Å². The van der Waals surface area contributed by atoms with Crippen LogP contribution in [0.4, 0.5) is 0 Å². The minimum Gasteiger partial charge on any atom is -0.481 e. The van der Waals surface area contributed by atoms with Crippen LogP contribution < -0.4 is 0 Å². The van der Waals surface area contributed by atoms with Gasteiger partial charge in [0.2, 0.25) is 0 Å². The summed E-state index contributed by atoms with van der Waals surface area (Å²) < 4.78 is 0. The summed E-state index contributed by atoms with van der Waals surface area (Å²) in [6.07, 6.45) is 1.18. The highest BCUT2D eigenvalue weighted by Crippen LogP contribution is 1.42. The first kappa shape index (κ1) is 22.5. The third-order valence-corrected chi connectivity index (χ3v) is 0.0913. The van der Waals surface area contributed by atoms with Crippen molar-refractivity contribution in [1.82, 2.24) is 0 Å². The number of hydrogen-bond acceptors (Lipinski definition) is 2. The zero-order valence-corrected chi connectivity index (χ0v) is 7.42. The van der Waals surface area contributed by atoms with Gasteiger partial charge in [0.05, 0.1) is 6.07 Å². The van der Waals surface area contributed by atoms with Crippen LogP contribution >= 0.6 is 0 Å². The summed E-state index contributed by atoms with van der Waals surface area (Å²) >= 11 is 0. The van der Waals surface area contributed by atoms with Gasteiger partial charge in [-0.05, 0) is 0 Å². The first-order chi connectivity index (χ1) is 5.65. The van der Waals surface area contributed by atoms with Crippen molar-refractivity contribution in [1.29, 1.82) is 5.26 Å². The molecule has 68 valence electrons. The number of nitrogens with zero attached hydrogens (tertiary/aromatic N) is 1. The average Bonchev–Trinajstić information content (AvgIpc) is 2.10. The zero-order valence-electron chi connectivity index (χ0n) is 7.42. The molecule has 0 aliphatic heterocycles. The molecule has 0 aliphatic carbocycles. The van der Waals surface area contributed by atoms with Gasteiger partial charge in [0.25, 0.3) is 5.97 Å². The second kappa shape index (κ2) is 60.7. The van der Waals surface area contributed by atoms with E-state index in [4.69, 9.17) is 15.2 Å². The highest BCUT2D eigenvalue weighted by Gasteiger charge is 1.65. The van der Waals surface area contributed by atoms with Gasteiger partial charge in [0.15, 0.2) is 0 Å². The fourth-order valence-electron chi connectivity index (χ4n) is 0. The fraction of sp³-hybridized carbons (Fsp3) is 0.111. The van der Waals surface area contributed by atoms with Gasteiger partial charge in [0, 0.05) is 13.0 Å². The third-order valence-electron chi connectivity index (χ3n) is 0.0913.